The van der Waals surface area contributed by atoms with Crippen LogP contribution in [0, 0.1) is 11.5 Å². The van der Waals surface area contributed by atoms with Crippen LogP contribution in [0.4, 0.5) is 0 Å². The second-order valence-corrected chi connectivity index (χ2v) is 5.18. The maximum absolute atomic E-state index is 9.00. The molecule has 132 valence electrons. The van der Waals surface area contributed by atoms with Gasteiger partial charge in [-0.25, -0.2) is 5.57 Å². The van der Waals surface area contributed by atoms with E-state index in [1.165, 1.54) is 16.7 Å². The van der Waals surface area contributed by atoms with Crippen molar-refractivity contribution in [2.24, 2.45) is 5.41 Å². The van der Waals surface area contributed by atoms with E-state index in [-0.39, 0.29) is 27.1 Å². The molecule has 0 saturated heterocycles. The Hall–Kier alpha value is -1.40. The van der Waals surface area contributed by atoms with Crippen LogP contribution in [0.1, 0.15) is 55.4 Å². The molecule has 0 heterocycles. The Kier molecular flexibility index (Phi) is 18.3. The molecular weight excluding hydrogens is 336 g/mol. The summed E-state index contributed by atoms with van der Waals surface area (Å²) < 4.78 is 0. The quantitative estimate of drug-likeness (QED) is 0.449. The van der Waals surface area contributed by atoms with Gasteiger partial charge in [-0.15, -0.1) is 6.92 Å². The molecule has 6 nitrogen and oxygen atoms in total. The number of rotatable bonds is 0. The van der Waals surface area contributed by atoms with Gasteiger partial charge in [-0.2, -0.15) is 11.1 Å². The van der Waals surface area contributed by atoms with Crippen molar-refractivity contribution in [1.29, 1.82) is 0 Å². The number of carboxylic acids is 3. The molecule has 0 atom stereocenters. The summed E-state index contributed by atoms with van der Waals surface area (Å²) in [5.41, 5.74) is 4.39. The fraction of sp³-hybridized carbons (Fsp3) is 0.562. The molecule has 3 N–H and O–H groups in total. The van der Waals surface area contributed by atoms with Gasteiger partial charge in [0.2, 0.25) is 0 Å². The number of carbonyl (C=O) groups is 3. The Bertz CT molecular complexity index is 421. The van der Waals surface area contributed by atoms with Gasteiger partial charge in [0.15, 0.2) is 0 Å². The van der Waals surface area contributed by atoms with Crippen LogP contribution in [0.5, 0.6) is 0 Å². The average Bonchev–Trinajstić information content (AvgIpc) is 2.39. The molecule has 0 bridgehead atoms. The first-order chi connectivity index (χ1) is 9.65. The van der Waals surface area contributed by atoms with E-state index in [9.17, 15) is 0 Å². The molecule has 0 aliphatic heterocycles. The number of carboxylic acid groups (broad SMARTS) is 3. The van der Waals surface area contributed by atoms with Crippen molar-refractivity contribution in [3.63, 3.8) is 0 Å². The van der Waals surface area contributed by atoms with Crippen LogP contribution in [0.15, 0.2) is 16.7 Å². The van der Waals surface area contributed by atoms with E-state index < -0.39 is 17.9 Å². The van der Waals surface area contributed by atoms with Crippen molar-refractivity contribution in [2.75, 3.05) is 0 Å². The zero-order valence-corrected chi connectivity index (χ0v) is 16.6. The molecule has 0 unspecified atom stereocenters. The Labute approximate surface area is 153 Å². The predicted octanol–water partition coefficient (Wildman–Crippen LogP) is 3.38. The molecule has 0 spiro atoms. The largest absolute Gasteiger partial charge is 0.481 e. The van der Waals surface area contributed by atoms with Crippen LogP contribution in [0.25, 0.3) is 0 Å². The van der Waals surface area contributed by atoms with Crippen molar-refractivity contribution < 1.29 is 51.4 Å². The third kappa shape index (κ3) is 23.0. The normalized spacial score (nSPS) is 13.5. The molecule has 0 saturated carbocycles. The molecule has 0 aromatic carbocycles. The molecule has 0 fully saturated rings. The van der Waals surface area contributed by atoms with Crippen LogP contribution in [-0.4, -0.2) is 33.2 Å². The smallest absolute Gasteiger partial charge is 0.300 e. The molecular formula is C16H27O6Ti-. The summed E-state index contributed by atoms with van der Waals surface area (Å²) in [6.45, 7) is 14.2. The predicted molar refractivity (Wildman–Crippen MR) is 84.5 cm³/mol. The van der Waals surface area contributed by atoms with E-state index in [4.69, 9.17) is 29.7 Å². The minimum Gasteiger partial charge on any atom is -0.481 e. The zero-order chi connectivity index (χ0) is 18.7. The molecule has 1 rings (SSSR count). The summed E-state index contributed by atoms with van der Waals surface area (Å²) in [5.74, 6) is -2.50. The fourth-order valence-corrected chi connectivity index (χ4v) is 1.41. The summed E-state index contributed by atoms with van der Waals surface area (Å²) in [5, 5.41) is 22.2. The van der Waals surface area contributed by atoms with Crippen molar-refractivity contribution in [3.05, 3.63) is 22.8 Å². The second kappa shape index (κ2) is 14.2. The minimum atomic E-state index is -0.833. The van der Waals surface area contributed by atoms with Crippen LogP contribution in [0.3, 0.4) is 0 Å². The monoisotopic (exact) mass is 363 g/mol. The fourth-order valence-electron chi connectivity index (χ4n) is 1.41. The van der Waals surface area contributed by atoms with Crippen molar-refractivity contribution in [3.8, 4) is 0 Å². The molecule has 0 amide bonds. The maximum atomic E-state index is 9.00. The van der Waals surface area contributed by atoms with E-state index in [0.29, 0.717) is 0 Å². The Morgan fingerprint density at radius 2 is 1.04 bits per heavy atom. The third-order valence-corrected chi connectivity index (χ3v) is 2.56. The minimum absolute atomic E-state index is 0. The molecule has 23 heavy (non-hydrogen) atoms. The summed E-state index contributed by atoms with van der Waals surface area (Å²) in [6.07, 6.45) is 3.44. The van der Waals surface area contributed by atoms with Gasteiger partial charge in [-0.3, -0.25) is 20.5 Å². The SMILES string of the molecule is CC(=O)O.CC(=O)O.CC(=O)O.CC1=[C-]C(C)(C)C(C)=C1C.[Ti]. The number of hydrogen-bond donors (Lipinski definition) is 3. The Morgan fingerprint density at radius 1 is 0.826 bits per heavy atom. The van der Waals surface area contributed by atoms with Gasteiger partial charge in [-0.05, 0) is 0 Å². The van der Waals surface area contributed by atoms with Crippen molar-refractivity contribution in [2.45, 2.75) is 55.4 Å². The molecule has 0 aromatic rings. The van der Waals surface area contributed by atoms with Gasteiger partial charge in [0.05, 0.1) is 0 Å². The van der Waals surface area contributed by atoms with Crippen molar-refractivity contribution in [1.82, 2.24) is 0 Å². The van der Waals surface area contributed by atoms with E-state index in [1.54, 1.807) is 0 Å². The molecule has 1 aliphatic rings. The topological polar surface area (TPSA) is 112 Å². The standard InChI is InChI=1S/C10H15.3C2H4O2.Ti/c1-7-6-10(4,5)9(3)8(7)2;3*1-2(3)4;/h1-5H3;3*1H3,(H,3,4);/q-1;;;;. The van der Waals surface area contributed by atoms with E-state index in [1.807, 2.05) is 0 Å². The van der Waals surface area contributed by atoms with E-state index in [0.717, 1.165) is 20.8 Å². The zero-order valence-electron chi connectivity index (χ0n) is 15.1. The summed E-state index contributed by atoms with van der Waals surface area (Å²) in [7, 11) is 0. The van der Waals surface area contributed by atoms with E-state index >= 15 is 0 Å². The van der Waals surface area contributed by atoms with Crippen LogP contribution >= 0.6 is 0 Å². The van der Waals surface area contributed by atoms with Crippen LogP contribution in [0.2, 0.25) is 0 Å². The van der Waals surface area contributed by atoms with Gasteiger partial charge >= 0.3 is 0 Å². The van der Waals surface area contributed by atoms with Gasteiger partial charge in [0.1, 0.15) is 0 Å². The summed E-state index contributed by atoms with van der Waals surface area (Å²) in [4.78, 5) is 27.0. The third-order valence-electron chi connectivity index (χ3n) is 2.56. The maximum Gasteiger partial charge on any atom is 0.300 e. The Balaban J connectivity index is -0.000000118. The first kappa shape index (κ1) is 29.6. The molecule has 7 heteroatoms. The average molecular weight is 363 g/mol. The van der Waals surface area contributed by atoms with Gasteiger partial charge in [0.25, 0.3) is 17.9 Å². The number of hydrogen-bond acceptors (Lipinski definition) is 3. The number of aliphatic carboxylic acids is 3. The second-order valence-electron chi connectivity index (χ2n) is 5.18. The first-order valence-electron chi connectivity index (χ1n) is 6.53. The van der Waals surface area contributed by atoms with E-state index in [2.05, 4.69) is 40.7 Å². The van der Waals surface area contributed by atoms with Gasteiger partial charge < -0.3 is 15.3 Å². The number of allylic oxidation sites excluding steroid dienone is 4. The summed E-state index contributed by atoms with van der Waals surface area (Å²) in [6, 6.07) is 0. The van der Waals surface area contributed by atoms with Crippen molar-refractivity contribution >= 4 is 17.9 Å². The van der Waals surface area contributed by atoms with Crippen LogP contribution < -0.4 is 0 Å². The molecule has 0 aromatic heterocycles. The Morgan fingerprint density at radius 3 is 1.09 bits per heavy atom. The molecule has 1 aliphatic carbocycles. The van der Waals surface area contributed by atoms with Gasteiger partial charge in [-0.1, -0.05) is 33.1 Å². The summed E-state index contributed by atoms with van der Waals surface area (Å²) >= 11 is 0. The first-order valence-corrected chi connectivity index (χ1v) is 6.53. The molecule has 0 radical (unpaired) electrons. The van der Waals surface area contributed by atoms with Gasteiger partial charge in [0, 0.05) is 42.5 Å². The van der Waals surface area contributed by atoms with Crippen LogP contribution in [-0.2, 0) is 36.1 Å².